The van der Waals surface area contributed by atoms with Gasteiger partial charge in [0.15, 0.2) is 41.4 Å². The van der Waals surface area contributed by atoms with Gasteiger partial charge in [0.25, 0.3) is 25.2 Å². The molecule has 39 nitrogen and oxygen atoms in total. The number of rotatable bonds is 22. The van der Waals surface area contributed by atoms with Crippen LogP contribution in [0.1, 0.15) is 37.0 Å². The highest BCUT2D eigenvalue weighted by atomic mass is 31.3. The number of ether oxygens (including phenoxy) is 5. The Balaban J connectivity index is 0.866. The molecule has 0 aromatic carbocycles. The number of nitrogens with zero attached hydrogens (tertiary/aromatic N) is 10. The standard InChI is InChI=1S/C35H52N16O23P4/c1-48-12-51(28-19(48)30(56)46-35(38)44-28)31-20(52)13(4-5-65-2)14(70-31)6-67-75(57,58)47-76(59,60)74-78(63,64)69-8-16-23(24(66-3)33(72-16)49-10-41-17-25(36)39-9-40-26(17)49)73-77(61,62)68-7-15-21(53)22(54)32(71-15)50-11-42-18-27(50)43-34(37)45-29(18)55/h9-16,20-24,30-33,52-54,56H,4-8H2,1-3H3,(H12-,36,37,38,39,40,43,44,45,46,47,55,57,58,59,60,61,62,63,64)/t13-,14-,15-,16-,20-,21-,22-,23-,24-,30?,31-,32-,33-/m1/s1. The van der Waals surface area contributed by atoms with Crippen molar-refractivity contribution in [3.05, 3.63) is 41.4 Å². The first-order valence-corrected chi connectivity index (χ1v) is 28.8. The smallest absolute Gasteiger partial charge is 0.480 e. The van der Waals surface area contributed by atoms with E-state index >= 15 is 0 Å². The molecule has 3 fully saturated rings. The fraction of sp³-hybridized carbons (Fsp3) is 0.600. The number of aryl methyl sites for hydroxylation is 1. The number of phosphoric acid groups is 2. The van der Waals surface area contributed by atoms with Crippen LogP contribution >= 0.6 is 31.1 Å². The summed E-state index contributed by atoms with van der Waals surface area (Å²) < 4.78 is 112. The molecule has 78 heavy (non-hydrogen) atoms. The molecule has 0 saturated carbocycles. The Bertz CT molecular complexity index is 3330. The minimum atomic E-state index is -5.93. The number of nitrogens with one attached hydrogen (secondary N) is 3. The summed E-state index contributed by atoms with van der Waals surface area (Å²) in [5.41, 5.74) is 16.7. The van der Waals surface area contributed by atoms with Crippen molar-refractivity contribution >= 4 is 77.0 Å². The summed E-state index contributed by atoms with van der Waals surface area (Å²) in [6.07, 6.45) is -13.9. The summed E-state index contributed by atoms with van der Waals surface area (Å²) in [4.78, 5) is 85.4. The third-order valence-electron chi connectivity index (χ3n) is 12.6. The topological polar surface area (TPSA) is 556 Å². The number of nitrogens with two attached hydrogens (primary N) is 3. The summed E-state index contributed by atoms with van der Waals surface area (Å²) in [5.74, 6) is -1.24. The second kappa shape index (κ2) is 22.2. The molecule has 9 rings (SSSR count). The van der Waals surface area contributed by atoms with Gasteiger partial charge in [-0.3, -0.25) is 37.1 Å². The van der Waals surface area contributed by atoms with E-state index < -0.39 is 136 Å². The Morgan fingerprint density at radius 3 is 2.22 bits per heavy atom. The van der Waals surface area contributed by atoms with Crippen LogP contribution in [0.25, 0.3) is 22.3 Å². The van der Waals surface area contributed by atoms with Crippen molar-refractivity contribution in [2.24, 2.45) is 23.7 Å². The maximum atomic E-state index is 13.6. The Kier molecular flexibility index (Phi) is 16.5. The molecule has 5 aromatic heterocycles. The largest absolute Gasteiger partial charge is 0.756 e. The molecule has 43 heteroatoms. The maximum absolute atomic E-state index is 13.6. The van der Waals surface area contributed by atoms with E-state index in [0.717, 1.165) is 30.7 Å². The van der Waals surface area contributed by atoms with Crippen molar-refractivity contribution < 1.29 is 109 Å². The van der Waals surface area contributed by atoms with Crippen molar-refractivity contribution in [3.63, 3.8) is 0 Å². The number of anilines is 3. The zero-order valence-electron chi connectivity index (χ0n) is 40.5. The number of fused-ring (bicyclic) bond motifs is 3. The van der Waals surface area contributed by atoms with E-state index in [4.69, 9.17) is 59.0 Å². The van der Waals surface area contributed by atoms with Crippen molar-refractivity contribution in [1.29, 1.82) is 0 Å². The number of guanidine groups is 1. The number of hydrogen-bond donors (Lipinski definition) is 13. The lowest BCUT2D eigenvalue weighted by molar-refractivity contribution is -0.753. The van der Waals surface area contributed by atoms with E-state index in [2.05, 4.69) is 44.5 Å². The Hall–Kier alpha value is -4.86. The van der Waals surface area contributed by atoms with Crippen molar-refractivity contribution in [3.8, 4) is 0 Å². The van der Waals surface area contributed by atoms with Gasteiger partial charge in [0.1, 0.15) is 54.6 Å². The molecule has 0 spiro atoms. The average molecular weight is 1190 g/mol. The number of H-pyrrole nitrogens is 1. The van der Waals surface area contributed by atoms with Gasteiger partial charge < -0.3 is 89.9 Å². The van der Waals surface area contributed by atoms with E-state index in [1.807, 2.05) is 0 Å². The molecule has 4 aliphatic heterocycles. The zero-order valence-corrected chi connectivity index (χ0v) is 44.1. The SMILES string of the molecule is COCC[C@H]1[C@@H](O)[C@H]([n+]2cn(C)c3c2NC(N)=NC3O)O[C@@H]1COP(=O)(O)NP(=O)(O)OP(=O)(O)OC[C@H]1O[C@@H](n2cnc3c(N)ncnc32)[C@H](OC)[C@@H]1OP(=O)([O-])OC[C@H]1O[C@@H](n2cnc3c(=O)[nH]c(N)nc32)[C@H](O)[C@@H]1O. The molecule has 3 saturated heterocycles. The summed E-state index contributed by atoms with van der Waals surface area (Å²) >= 11 is 0. The van der Waals surface area contributed by atoms with Crippen LogP contribution in [-0.4, -0.2) is 174 Å². The Morgan fingerprint density at radius 2 is 1.50 bits per heavy atom. The van der Waals surface area contributed by atoms with Crippen LogP contribution < -0.4 is 42.4 Å². The number of hydrogen-bond acceptors (Lipinski definition) is 30. The fourth-order valence-corrected chi connectivity index (χ4v) is 14.1. The predicted molar refractivity (Wildman–Crippen MR) is 253 cm³/mol. The Morgan fingerprint density at radius 1 is 0.821 bits per heavy atom. The molecule has 17 atom stereocenters. The number of aliphatic imine (C=N–C) groups is 1. The third kappa shape index (κ3) is 11.8. The molecule has 4 aliphatic rings. The second-order valence-corrected chi connectivity index (χ2v) is 24.0. The maximum Gasteiger partial charge on any atom is 0.480 e. The third-order valence-corrected chi connectivity index (χ3v) is 18.3. The van der Waals surface area contributed by atoms with Gasteiger partial charge in [-0.1, -0.05) is 0 Å². The van der Waals surface area contributed by atoms with E-state index in [9.17, 15) is 63.1 Å². The molecule has 0 amide bonds. The van der Waals surface area contributed by atoms with Crippen LogP contribution in [0.3, 0.4) is 0 Å². The van der Waals surface area contributed by atoms with Gasteiger partial charge in [0.05, 0.1) is 45.6 Å². The van der Waals surface area contributed by atoms with E-state index in [0.29, 0.717) is 0 Å². The zero-order chi connectivity index (χ0) is 56.4. The highest BCUT2D eigenvalue weighted by molar-refractivity contribution is 7.71. The van der Waals surface area contributed by atoms with Crippen molar-refractivity contribution in [2.45, 2.75) is 80.2 Å². The number of imidazole rings is 3. The van der Waals surface area contributed by atoms with Crippen LogP contribution in [0.2, 0.25) is 0 Å². The number of nitrogen functional groups attached to an aromatic ring is 2. The first-order chi connectivity index (χ1) is 36.7. The summed E-state index contributed by atoms with van der Waals surface area (Å²) in [6, 6.07) is 0. The van der Waals surface area contributed by atoms with Crippen molar-refractivity contribution in [1.82, 2.24) is 48.5 Å². The number of phosphoric ester groups is 2. The first-order valence-electron chi connectivity index (χ1n) is 22.7. The fourth-order valence-electron chi connectivity index (χ4n) is 9.16. The lowest BCUT2D eigenvalue weighted by Crippen LogP contribution is -2.48. The summed E-state index contributed by atoms with van der Waals surface area (Å²) in [7, 11) is -19.0. The van der Waals surface area contributed by atoms with Crippen LogP contribution in [0.5, 0.6) is 0 Å². The van der Waals surface area contributed by atoms with E-state index in [1.54, 1.807) is 7.05 Å². The number of aliphatic hydroxyl groups is 4. The van der Waals surface area contributed by atoms with Gasteiger partial charge >= 0.3 is 23.3 Å². The molecule has 430 valence electrons. The quantitative estimate of drug-likeness (QED) is 0.0229. The highest BCUT2D eigenvalue weighted by Crippen LogP contribution is 2.62. The minimum absolute atomic E-state index is 0.0119. The van der Waals surface area contributed by atoms with Gasteiger partial charge in [0.2, 0.25) is 24.1 Å². The number of methoxy groups -OCH3 is 2. The van der Waals surface area contributed by atoms with Gasteiger partial charge in [-0.2, -0.15) is 14.3 Å². The predicted octanol–water partition coefficient (Wildman–Crippen LogP) is -4.57. The summed E-state index contributed by atoms with van der Waals surface area (Å²) in [5, 5.41) is 46.5. The molecule has 0 radical (unpaired) electrons. The van der Waals surface area contributed by atoms with Crippen LogP contribution in [0, 0.1) is 5.92 Å². The normalized spacial score (nSPS) is 31.4. The molecular weight excluding hydrogens is 1140 g/mol. The van der Waals surface area contributed by atoms with E-state index in [-0.39, 0.29) is 64.6 Å². The monoisotopic (exact) mass is 1190 g/mol. The summed E-state index contributed by atoms with van der Waals surface area (Å²) in [6.45, 7) is -3.07. The highest BCUT2D eigenvalue weighted by Gasteiger charge is 2.53. The molecule has 0 bridgehead atoms. The van der Waals surface area contributed by atoms with Crippen molar-refractivity contribution in [2.75, 3.05) is 57.4 Å². The molecule has 5 aromatic rings. The Labute approximate surface area is 436 Å². The van der Waals surface area contributed by atoms with Gasteiger partial charge in [0, 0.05) is 26.7 Å². The lowest BCUT2D eigenvalue weighted by Gasteiger charge is -2.31. The lowest BCUT2D eigenvalue weighted by atomic mass is 9.95. The van der Waals surface area contributed by atoms with Crippen LogP contribution in [-0.2, 0) is 71.4 Å². The van der Waals surface area contributed by atoms with Crippen LogP contribution in [0.4, 0.5) is 17.6 Å². The molecular formula is C35H52N16O23P4. The van der Waals surface area contributed by atoms with Gasteiger partial charge in [-0.25, -0.2) is 43.5 Å². The number of aromatic amines is 1. The van der Waals surface area contributed by atoms with E-state index in [1.165, 1.54) is 32.0 Å². The minimum Gasteiger partial charge on any atom is -0.756 e. The first kappa shape index (κ1) is 57.8. The second-order valence-electron chi connectivity index (χ2n) is 17.6. The molecule has 9 heterocycles. The van der Waals surface area contributed by atoms with Gasteiger partial charge in [-0.05, 0) is 6.42 Å². The molecule has 5 unspecified atom stereocenters. The van der Waals surface area contributed by atoms with Crippen LogP contribution in [0.15, 0.2) is 35.1 Å². The number of aliphatic hydroxyl groups excluding tert-OH is 4. The molecule has 16 N–H and O–H groups in total. The molecule has 0 aliphatic carbocycles. The number of aromatic nitrogens is 10. The average Bonchev–Trinajstić information content (AvgIpc) is 4.39. The van der Waals surface area contributed by atoms with Gasteiger partial charge in [-0.15, -0.1) is 4.86 Å².